The van der Waals surface area contributed by atoms with Gasteiger partial charge in [0.05, 0.1) is 11.2 Å². The van der Waals surface area contributed by atoms with Crippen molar-refractivity contribution < 1.29 is 5.21 Å². The molecule has 0 aliphatic heterocycles. The van der Waals surface area contributed by atoms with E-state index in [1.807, 2.05) is 5.48 Å². The number of fused-ring (bicyclic) bond motifs is 1. The lowest BCUT2D eigenvalue weighted by Crippen LogP contribution is -2.26. The van der Waals surface area contributed by atoms with Crippen LogP contribution in [-0.4, -0.2) is 21.4 Å². The number of benzene rings is 1. The van der Waals surface area contributed by atoms with Crippen molar-refractivity contribution in [1.82, 2.24) is 15.5 Å². The third-order valence-electron chi connectivity index (χ3n) is 2.08. The van der Waals surface area contributed by atoms with Crippen molar-refractivity contribution in [2.75, 3.05) is 5.48 Å². The fraction of sp³-hybridized carbons (Fsp3) is 0. The van der Waals surface area contributed by atoms with E-state index in [9.17, 15) is 0 Å². The highest BCUT2D eigenvalue weighted by Gasteiger charge is 2.06. The Morgan fingerprint density at radius 2 is 2.41 bits per heavy atom. The van der Waals surface area contributed by atoms with Gasteiger partial charge in [-0.15, -0.1) is 0 Å². The van der Waals surface area contributed by atoms with E-state index in [4.69, 9.17) is 16.2 Å². The summed E-state index contributed by atoms with van der Waals surface area (Å²) in [4.78, 5) is 3.92. The Bertz CT molecular complexity index is 609. The average molecular weight is 231 g/mol. The van der Waals surface area contributed by atoms with Crippen LogP contribution in [-0.2, 0) is 0 Å². The maximum atomic E-state index is 8.80. The standard InChI is InChI=1S/C9H9N7O/c10-4-12-9(11)13-8-6-3-5(16-17)1-2-7(6)14-15-8/h1-3,16-17H,(H4,11,12,13,14,15). The molecule has 0 saturated carbocycles. The first kappa shape index (κ1) is 10.7. The quantitative estimate of drug-likeness (QED) is 0.167. The number of aromatic amines is 1. The van der Waals surface area contributed by atoms with Crippen molar-refractivity contribution in [1.29, 1.82) is 5.26 Å². The SMILES string of the molecule is N#CNC(N)=Nc1n[nH]c2ccc(NO)cc12. The molecule has 0 aliphatic carbocycles. The van der Waals surface area contributed by atoms with Crippen LogP contribution in [0.15, 0.2) is 23.2 Å². The molecule has 1 aromatic carbocycles. The smallest absolute Gasteiger partial charge is 0.208 e. The number of guanidine groups is 1. The molecule has 2 rings (SSSR count). The van der Waals surface area contributed by atoms with Crippen molar-refractivity contribution in [3.8, 4) is 6.19 Å². The molecule has 1 aromatic heterocycles. The minimum absolute atomic E-state index is 0.0525. The summed E-state index contributed by atoms with van der Waals surface area (Å²) in [5.41, 5.74) is 8.70. The number of anilines is 1. The summed E-state index contributed by atoms with van der Waals surface area (Å²) in [6, 6.07) is 5.05. The van der Waals surface area contributed by atoms with Crippen molar-refractivity contribution in [2.45, 2.75) is 0 Å². The second-order valence-electron chi connectivity index (χ2n) is 3.15. The van der Waals surface area contributed by atoms with Crippen LogP contribution in [0.2, 0.25) is 0 Å². The van der Waals surface area contributed by atoms with E-state index in [0.29, 0.717) is 16.9 Å². The minimum Gasteiger partial charge on any atom is -0.369 e. The molecule has 0 unspecified atom stereocenters. The Hall–Kier alpha value is -2.79. The van der Waals surface area contributed by atoms with E-state index in [2.05, 4.69) is 20.5 Å². The number of nitriles is 1. The van der Waals surface area contributed by atoms with E-state index in [-0.39, 0.29) is 5.96 Å². The van der Waals surface area contributed by atoms with Gasteiger partial charge < -0.3 is 5.73 Å². The number of rotatable bonds is 2. The van der Waals surface area contributed by atoms with Gasteiger partial charge in [-0.25, -0.2) is 0 Å². The molecular formula is C9H9N7O. The van der Waals surface area contributed by atoms with Crippen LogP contribution in [0.3, 0.4) is 0 Å². The topological polar surface area (TPSA) is 135 Å². The molecule has 0 aliphatic rings. The number of hydrogen-bond donors (Lipinski definition) is 5. The average Bonchev–Trinajstić information content (AvgIpc) is 2.72. The van der Waals surface area contributed by atoms with Crippen LogP contribution in [0.5, 0.6) is 0 Å². The van der Waals surface area contributed by atoms with Crippen LogP contribution in [0.25, 0.3) is 10.9 Å². The summed E-state index contributed by atoms with van der Waals surface area (Å²) >= 11 is 0. The molecule has 2 aromatic rings. The molecule has 6 N–H and O–H groups in total. The molecule has 8 nitrogen and oxygen atoms in total. The lowest BCUT2D eigenvalue weighted by Gasteiger charge is -1.98. The molecule has 0 atom stereocenters. The molecule has 0 fully saturated rings. The summed E-state index contributed by atoms with van der Waals surface area (Å²) < 4.78 is 0. The largest absolute Gasteiger partial charge is 0.369 e. The second-order valence-corrected chi connectivity index (χ2v) is 3.15. The molecule has 0 amide bonds. The highest BCUT2D eigenvalue weighted by molar-refractivity contribution is 5.94. The van der Waals surface area contributed by atoms with Crippen molar-refractivity contribution in [3.63, 3.8) is 0 Å². The van der Waals surface area contributed by atoms with Gasteiger partial charge in [0.1, 0.15) is 0 Å². The third-order valence-corrected chi connectivity index (χ3v) is 2.08. The molecular weight excluding hydrogens is 222 g/mol. The maximum absolute atomic E-state index is 8.80. The molecule has 0 spiro atoms. The zero-order chi connectivity index (χ0) is 12.3. The Morgan fingerprint density at radius 3 is 3.12 bits per heavy atom. The fourth-order valence-electron chi connectivity index (χ4n) is 1.35. The number of nitrogens with one attached hydrogen (secondary N) is 3. The number of aliphatic imine (C=N–C) groups is 1. The number of nitrogens with zero attached hydrogens (tertiary/aromatic N) is 3. The van der Waals surface area contributed by atoms with Crippen LogP contribution >= 0.6 is 0 Å². The van der Waals surface area contributed by atoms with Gasteiger partial charge in [0, 0.05) is 5.39 Å². The minimum atomic E-state index is -0.0525. The van der Waals surface area contributed by atoms with Crippen LogP contribution in [0.1, 0.15) is 0 Å². The summed E-state index contributed by atoms with van der Waals surface area (Å²) in [5, 5.41) is 26.7. The molecule has 0 radical (unpaired) electrons. The van der Waals surface area contributed by atoms with Gasteiger partial charge in [0.15, 0.2) is 12.0 Å². The molecule has 17 heavy (non-hydrogen) atoms. The zero-order valence-electron chi connectivity index (χ0n) is 8.60. The van der Waals surface area contributed by atoms with Crippen molar-refractivity contribution in [2.24, 2.45) is 10.7 Å². The monoisotopic (exact) mass is 231 g/mol. The van der Waals surface area contributed by atoms with E-state index < -0.39 is 0 Å². The number of aromatic nitrogens is 2. The first-order chi connectivity index (χ1) is 8.24. The van der Waals surface area contributed by atoms with Crippen molar-refractivity contribution >= 4 is 28.4 Å². The number of nitrogens with two attached hydrogens (primary N) is 1. The van der Waals surface area contributed by atoms with Crippen LogP contribution < -0.4 is 16.5 Å². The maximum Gasteiger partial charge on any atom is 0.208 e. The van der Waals surface area contributed by atoms with E-state index >= 15 is 0 Å². The Labute approximate surface area is 95.7 Å². The number of hydrogen-bond acceptors (Lipinski definition) is 5. The Balaban J connectivity index is 2.48. The van der Waals surface area contributed by atoms with Crippen molar-refractivity contribution in [3.05, 3.63) is 18.2 Å². The Morgan fingerprint density at radius 1 is 1.59 bits per heavy atom. The highest BCUT2D eigenvalue weighted by Crippen LogP contribution is 2.25. The predicted octanol–water partition coefficient (Wildman–Crippen LogP) is 0.381. The predicted molar refractivity (Wildman–Crippen MR) is 61.5 cm³/mol. The molecule has 86 valence electrons. The van der Waals surface area contributed by atoms with Gasteiger partial charge in [0.25, 0.3) is 0 Å². The lowest BCUT2D eigenvalue weighted by molar-refractivity contribution is 0.389. The molecule has 8 heteroatoms. The van der Waals surface area contributed by atoms with E-state index in [1.165, 1.54) is 0 Å². The van der Waals surface area contributed by atoms with Gasteiger partial charge in [-0.2, -0.15) is 15.4 Å². The highest BCUT2D eigenvalue weighted by atomic mass is 16.5. The second kappa shape index (κ2) is 4.38. The van der Waals surface area contributed by atoms with E-state index in [0.717, 1.165) is 5.52 Å². The summed E-state index contributed by atoms with van der Waals surface area (Å²) in [6.07, 6.45) is 1.65. The normalized spacial score (nSPS) is 11.2. The Kier molecular flexibility index (Phi) is 2.76. The molecule has 0 saturated heterocycles. The molecule has 0 bridgehead atoms. The van der Waals surface area contributed by atoms with Gasteiger partial charge in [0.2, 0.25) is 5.96 Å². The number of H-pyrrole nitrogens is 1. The molecule has 1 heterocycles. The van der Waals surface area contributed by atoms with Gasteiger partial charge >= 0.3 is 0 Å². The van der Waals surface area contributed by atoms with Gasteiger partial charge in [-0.1, -0.05) is 0 Å². The third kappa shape index (κ3) is 2.09. The van der Waals surface area contributed by atoms with E-state index in [1.54, 1.807) is 24.4 Å². The van der Waals surface area contributed by atoms with Gasteiger partial charge in [-0.3, -0.25) is 21.1 Å². The lowest BCUT2D eigenvalue weighted by atomic mass is 10.2. The summed E-state index contributed by atoms with van der Waals surface area (Å²) in [5.74, 6) is 0.278. The fourth-order valence-corrected chi connectivity index (χ4v) is 1.35. The first-order valence-corrected chi connectivity index (χ1v) is 4.62. The zero-order valence-corrected chi connectivity index (χ0v) is 8.60. The summed E-state index contributed by atoms with van der Waals surface area (Å²) in [6.45, 7) is 0. The summed E-state index contributed by atoms with van der Waals surface area (Å²) in [7, 11) is 0. The first-order valence-electron chi connectivity index (χ1n) is 4.62. The van der Waals surface area contributed by atoms with Crippen LogP contribution in [0, 0.1) is 11.5 Å². The van der Waals surface area contributed by atoms with Crippen LogP contribution in [0.4, 0.5) is 11.5 Å². The van der Waals surface area contributed by atoms with Gasteiger partial charge in [-0.05, 0) is 18.2 Å².